The van der Waals surface area contributed by atoms with Crippen molar-refractivity contribution in [1.82, 2.24) is 9.80 Å². The second-order valence-electron chi connectivity index (χ2n) is 4.28. The summed E-state index contributed by atoms with van der Waals surface area (Å²) in [6, 6.07) is 7.98. The molecule has 1 fully saturated rings. The van der Waals surface area contributed by atoms with Crippen molar-refractivity contribution in [3.05, 3.63) is 34.3 Å². The molecule has 3 nitrogen and oxygen atoms in total. The summed E-state index contributed by atoms with van der Waals surface area (Å²) in [6.45, 7) is 7.35. The highest BCUT2D eigenvalue weighted by molar-refractivity contribution is 9.10. The Labute approximate surface area is 111 Å². The molecule has 1 heterocycles. The van der Waals surface area contributed by atoms with Gasteiger partial charge in [0.25, 0.3) is 0 Å². The van der Waals surface area contributed by atoms with Gasteiger partial charge in [-0.2, -0.15) is 0 Å². The lowest BCUT2D eigenvalue weighted by Gasteiger charge is -2.35. The van der Waals surface area contributed by atoms with Crippen LogP contribution in [0, 0.1) is 5.41 Å². The third-order valence-corrected chi connectivity index (χ3v) is 3.78. The maximum absolute atomic E-state index is 8.21. The minimum absolute atomic E-state index is 0.647. The van der Waals surface area contributed by atoms with Gasteiger partial charge in [-0.15, -0.1) is 0 Å². The molecule has 92 valence electrons. The zero-order valence-corrected chi connectivity index (χ0v) is 11.7. The highest BCUT2D eigenvalue weighted by atomic mass is 79.9. The van der Waals surface area contributed by atoms with Gasteiger partial charge in [0.15, 0.2) is 0 Å². The SMILES string of the molecule is CCN1CCN(C(=N)c2ccc(Br)cc2)CC1. The molecule has 1 N–H and O–H groups in total. The third kappa shape index (κ3) is 3.07. The summed E-state index contributed by atoms with van der Waals surface area (Å²) in [7, 11) is 0. The Balaban J connectivity index is 1.99. The number of nitrogens with zero attached hydrogens (tertiary/aromatic N) is 2. The van der Waals surface area contributed by atoms with Crippen LogP contribution in [-0.4, -0.2) is 48.4 Å². The van der Waals surface area contributed by atoms with Crippen LogP contribution >= 0.6 is 15.9 Å². The second kappa shape index (κ2) is 5.65. The van der Waals surface area contributed by atoms with E-state index in [4.69, 9.17) is 5.41 Å². The Hall–Kier alpha value is -0.870. The van der Waals surface area contributed by atoms with E-state index >= 15 is 0 Å². The average Bonchev–Trinajstić information content (AvgIpc) is 2.39. The first kappa shape index (κ1) is 12.6. The van der Waals surface area contributed by atoms with Crippen molar-refractivity contribution in [2.75, 3.05) is 32.7 Å². The van der Waals surface area contributed by atoms with Gasteiger partial charge >= 0.3 is 0 Å². The van der Waals surface area contributed by atoms with Crippen molar-refractivity contribution in [2.24, 2.45) is 0 Å². The van der Waals surface area contributed by atoms with Crippen molar-refractivity contribution < 1.29 is 0 Å². The molecule has 1 aliphatic heterocycles. The molecular weight excluding hydrogens is 278 g/mol. The molecule has 0 amide bonds. The molecule has 0 bridgehead atoms. The van der Waals surface area contributed by atoms with E-state index in [0.717, 1.165) is 42.8 Å². The molecule has 1 aliphatic rings. The van der Waals surface area contributed by atoms with Gasteiger partial charge < -0.3 is 9.80 Å². The van der Waals surface area contributed by atoms with Crippen LogP contribution in [0.2, 0.25) is 0 Å². The van der Waals surface area contributed by atoms with Gasteiger partial charge in [0.05, 0.1) is 0 Å². The summed E-state index contributed by atoms with van der Waals surface area (Å²) < 4.78 is 1.06. The maximum Gasteiger partial charge on any atom is 0.128 e. The van der Waals surface area contributed by atoms with Crippen LogP contribution in [-0.2, 0) is 0 Å². The molecule has 2 rings (SSSR count). The van der Waals surface area contributed by atoms with E-state index in [9.17, 15) is 0 Å². The van der Waals surface area contributed by atoms with Gasteiger partial charge in [-0.1, -0.05) is 35.0 Å². The van der Waals surface area contributed by atoms with Crippen LogP contribution in [0.1, 0.15) is 12.5 Å². The molecule has 1 aromatic rings. The summed E-state index contributed by atoms with van der Waals surface area (Å²) in [4.78, 5) is 4.58. The molecule has 4 heteroatoms. The van der Waals surface area contributed by atoms with Crippen molar-refractivity contribution in [1.29, 1.82) is 5.41 Å². The van der Waals surface area contributed by atoms with Crippen LogP contribution in [0.25, 0.3) is 0 Å². The Morgan fingerprint density at radius 3 is 2.29 bits per heavy atom. The molecule has 0 atom stereocenters. The van der Waals surface area contributed by atoms with E-state index < -0.39 is 0 Å². The normalized spacial score (nSPS) is 17.2. The predicted octanol–water partition coefficient (Wildman–Crippen LogP) is 2.41. The van der Waals surface area contributed by atoms with Crippen LogP contribution in [0.3, 0.4) is 0 Å². The number of hydrogen-bond donors (Lipinski definition) is 1. The number of likely N-dealkylation sites (N-methyl/N-ethyl adjacent to an activating group) is 1. The van der Waals surface area contributed by atoms with Crippen LogP contribution in [0.4, 0.5) is 0 Å². The molecular formula is C13H18BrN3. The maximum atomic E-state index is 8.21. The quantitative estimate of drug-likeness (QED) is 0.671. The van der Waals surface area contributed by atoms with E-state index in [1.807, 2.05) is 24.3 Å². The van der Waals surface area contributed by atoms with Gasteiger partial charge in [-0.05, 0) is 18.7 Å². The molecule has 0 saturated carbocycles. The number of halogens is 1. The smallest absolute Gasteiger partial charge is 0.128 e. The zero-order chi connectivity index (χ0) is 12.3. The molecule has 0 radical (unpaired) electrons. The lowest BCUT2D eigenvalue weighted by molar-refractivity contribution is 0.189. The van der Waals surface area contributed by atoms with Gasteiger partial charge in [0.2, 0.25) is 0 Å². The highest BCUT2D eigenvalue weighted by Gasteiger charge is 2.18. The van der Waals surface area contributed by atoms with E-state index in [-0.39, 0.29) is 0 Å². The molecule has 0 aromatic heterocycles. The summed E-state index contributed by atoms with van der Waals surface area (Å²) in [5.41, 5.74) is 0.998. The first-order valence-corrected chi connectivity index (χ1v) is 6.82. The highest BCUT2D eigenvalue weighted by Crippen LogP contribution is 2.13. The van der Waals surface area contributed by atoms with Gasteiger partial charge in [0, 0.05) is 36.2 Å². The fourth-order valence-electron chi connectivity index (χ4n) is 2.08. The summed E-state index contributed by atoms with van der Waals surface area (Å²) in [5.74, 6) is 0.647. The largest absolute Gasteiger partial charge is 0.354 e. The van der Waals surface area contributed by atoms with E-state index in [1.165, 1.54) is 0 Å². The standard InChI is InChI=1S/C13H18BrN3/c1-2-16-7-9-17(10-8-16)13(15)11-3-5-12(14)6-4-11/h3-6,15H,2,7-10H2,1H3. The van der Waals surface area contributed by atoms with E-state index in [1.54, 1.807) is 0 Å². The summed E-state index contributed by atoms with van der Waals surface area (Å²) in [6.07, 6.45) is 0. The monoisotopic (exact) mass is 295 g/mol. The number of amidine groups is 1. The van der Waals surface area contributed by atoms with Crippen molar-refractivity contribution in [2.45, 2.75) is 6.92 Å². The average molecular weight is 296 g/mol. The Kier molecular flexibility index (Phi) is 4.18. The second-order valence-corrected chi connectivity index (χ2v) is 5.19. The molecule has 17 heavy (non-hydrogen) atoms. The van der Waals surface area contributed by atoms with Crippen LogP contribution < -0.4 is 0 Å². The number of hydrogen-bond acceptors (Lipinski definition) is 2. The van der Waals surface area contributed by atoms with E-state index in [0.29, 0.717) is 5.84 Å². The Morgan fingerprint density at radius 2 is 1.76 bits per heavy atom. The van der Waals surface area contributed by atoms with E-state index in [2.05, 4.69) is 32.7 Å². The number of nitrogens with one attached hydrogen (secondary N) is 1. The molecule has 0 aliphatic carbocycles. The topological polar surface area (TPSA) is 30.3 Å². The van der Waals surface area contributed by atoms with Gasteiger partial charge in [-0.25, -0.2) is 0 Å². The zero-order valence-electron chi connectivity index (χ0n) is 10.1. The number of piperazine rings is 1. The summed E-state index contributed by atoms with van der Waals surface area (Å²) >= 11 is 3.42. The lowest BCUT2D eigenvalue weighted by atomic mass is 10.1. The van der Waals surface area contributed by atoms with Gasteiger partial charge in [0.1, 0.15) is 5.84 Å². The molecule has 0 spiro atoms. The lowest BCUT2D eigenvalue weighted by Crippen LogP contribution is -2.48. The van der Waals surface area contributed by atoms with Crippen LogP contribution in [0.5, 0.6) is 0 Å². The summed E-state index contributed by atoms with van der Waals surface area (Å²) in [5, 5.41) is 8.21. The van der Waals surface area contributed by atoms with Crippen molar-refractivity contribution >= 4 is 21.8 Å². The van der Waals surface area contributed by atoms with Crippen molar-refractivity contribution in [3.63, 3.8) is 0 Å². The first-order valence-electron chi connectivity index (χ1n) is 6.02. The fourth-order valence-corrected chi connectivity index (χ4v) is 2.34. The van der Waals surface area contributed by atoms with Crippen molar-refractivity contribution in [3.8, 4) is 0 Å². The minimum atomic E-state index is 0.647. The fraction of sp³-hybridized carbons (Fsp3) is 0.462. The first-order chi connectivity index (χ1) is 8.20. The predicted molar refractivity (Wildman–Crippen MR) is 74.7 cm³/mol. The Morgan fingerprint density at radius 1 is 1.18 bits per heavy atom. The van der Waals surface area contributed by atoms with Crippen LogP contribution in [0.15, 0.2) is 28.7 Å². The number of rotatable bonds is 2. The molecule has 1 aromatic carbocycles. The molecule has 1 saturated heterocycles. The number of benzene rings is 1. The molecule has 0 unspecified atom stereocenters. The Bertz CT molecular complexity index is 380. The third-order valence-electron chi connectivity index (χ3n) is 3.25. The minimum Gasteiger partial charge on any atom is -0.354 e. The van der Waals surface area contributed by atoms with Gasteiger partial charge in [-0.3, -0.25) is 5.41 Å².